The minimum Gasteiger partial charge on any atom is -0.256 e. The molecule has 0 radical (unpaired) electrons. The molecule has 4 nitrogen and oxygen atoms in total. The molecule has 2 aromatic rings. The van der Waals surface area contributed by atoms with Crippen molar-refractivity contribution in [2.75, 3.05) is 7.05 Å². The molecular formula is C10H10N2O2S. The molecule has 0 aliphatic carbocycles. The standard InChI is InChI=1S/C10H10N2O2S/c1-11-15(13,14)10-6-2-5-9-8(10)4-3-7-12-9/h2-7,11H,1H3. The summed E-state index contributed by atoms with van der Waals surface area (Å²) in [6, 6.07) is 8.49. The molecule has 1 N–H and O–H groups in total. The number of nitrogens with zero attached hydrogens (tertiary/aromatic N) is 1. The maximum absolute atomic E-state index is 11.7. The highest BCUT2D eigenvalue weighted by Crippen LogP contribution is 2.20. The Morgan fingerprint density at radius 2 is 2.00 bits per heavy atom. The van der Waals surface area contributed by atoms with Crippen LogP contribution in [0.2, 0.25) is 0 Å². The highest BCUT2D eigenvalue weighted by atomic mass is 32.2. The molecule has 78 valence electrons. The quantitative estimate of drug-likeness (QED) is 0.829. The van der Waals surface area contributed by atoms with Crippen LogP contribution >= 0.6 is 0 Å². The van der Waals surface area contributed by atoms with Gasteiger partial charge in [0.15, 0.2) is 0 Å². The number of rotatable bonds is 2. The van der Waals surface area contributed by atoms with Gasteiger partial charge in [0.1, 0.15) is 0 Å². The van der Waals surface area contributed by atoms with Crippen molar-refractivity contribution in [3.63, 3.8) is 0 Å². The topological polar surface area (TPSA) is 59.1 Å². The third-order valence-electron chi connectivity index (χ3n) is 2.16. The summed E-state index contributed by atoms with van der Waals surface area (Å²) in [5.74, 6) is 0. The predicted molar refractivity (Wildman–Crippen MR) is 58.0 cm³/mol. The first-order valence-corrected chi connectivity index (χ1v) is 5.91. The van der Waals surface area contributed by atoms with Crippen LogP contribution in [0.1, 0.15) is 0 Å². The van der Waals surface area contributed by atoms with Crippen LogP contribution in [0.3, 0.4) is 0 Å². The van der Waals surface area contributed by atoms with E-state index in [-0.39, 0.29) is 4.90 Å². The van der Waals surface area contributed by atoms with E-state index >= 15 is 0 Å². The average molecular weight is 222 g/mol. The van der Waals surface area contributed by atoms with E-state index in [0.717, 1.165) is 0 Å². The minimum atomic E-state index is -3.41. The smallest absolute Gasteiger partial charge is 0.240 e. The summed E-state index contributed by atoms with van der Waals surface area (Å²) in [5.41, 5.74) is 0.675. The van der Waals surface area contributed by atoms with Crippen LogP contribution in [0.4, 0.5) is 0 Å². The van der Waals surface area contributed by atoms with Gasteiger partial charge in [-0.3, -0.25) is 4.98 Å². The maximum atomic E-state index is 11.7. The number of fused-ring (bicyclic) bond motifs is 1. The second-order valence-corrected chi connectivity index (χ2v) is 4.89. The average Bonchev–Trinajstić information content (AvgIpc) is 2.28. The molecule has 0 amide bonds. The lowest BCUT2D eigenvalue weighted by Gasteiger charge is -2.05. The normalized spacial score (nSPS) is 11.8. The molecule has 1 aromatic heterocycles. The Morgan fingerprint density at radius 3 is 2.73 bits per heavy atom. The first kappa shape index (κ1) is 10.1. The Labute approximate surface area is 88.0 Å². The van der Waals surface area contributed by atoms with Crippen molar-refractivity contribution in [2.24, 2.45) is 0 Å². The first-order chi connectivity index (χ1) is 7.15. The number of aromatic nitrogens is 1. The van der Waals surface area contributed by atoms with Crippen LogP contribution < -0.4 is 4.72 Å². The number of hydrogen-bond acceptors (Lipinski definition) is 3. The minimum absolute atomic E-state index is 0.260. The van der Waals surface area contributed by atoms with Gasteiger partial charge in [0.05, 0.1) is 10.4 Å². The van der Waals surface area contributed by atoms with E-state index in [1.165, 1.54) is 7.05 Å². The lowest BCUT2D eigenvalue weighted by molar-refractivity contribution is 0.589. The van der Waals surface area contributed by atoms with Crippen LogP contribution in [0.5, 0.6) is 0 Å². The van der Waals surface area contributed by atoms with E-state index in [2.05, 4.69) is 9.71 Å². The monoisotopic (exact) mass is 222 g/mol. The summed E-state index contributed by atoms with van der Waals surface area (Å²) >= 11 is 0. The Morgan fingerprint density at radius 1 is 1.20 bits per heavy atom. The second kappa shape index (κ2) is 3.60. The second-order valence-electron chi connectivity index (χ2n) is 3.03. The van der Waals surface area contributed by atoms with E-state index in [9.17, 15) is 8.42 Å². The van der Waals surface area contributed by atoms with Gasteiger partial charge in [-0.2, -0.15) is 0 Å². The van der Waals surface area contributed by atoms with E-state index in [1.54, 1.807) is 36.5 Å². The van der Waals surface area contributed by atoms with E-state index in [1.807, 2.05) is 0 Å². The third kappa shape index (κ3) is 1.71. The summed E-state index contributed by atoms with van der Waals surface area (Å²) in [6.45, 7) is 0. The largest absolute Gasteiger partial charge is 0.256 e. The fraction of sp³-hybridized carbons (Fsp3) is 0.100. The van der Waals surface area contributed by atoms with Gasteiger partial charge in [-0.05, 0) is 31.3 Å². The molecule has 0 saturated heterocycles. The van der Waals surface area contributed by atoms with Gasteiger partial charge in [-0.25, -0.2) is 13.1 Å². The van der Waals surface area contributed by atoms with E-state index in [4.69, 9.17) is 0 Å². The number of sulfonamides is 1. The molecule has 0 aliphatic rings. The highest BCUT2D eigenvalue weighted by Gasteiger charge is 2.14. The zero-order valence-corrected chi connectivity index (χ0v) is 8.95. The Balaban J connectivity index is 2.83. The van der Waals surface area contributed by atoms with Crippen LogP contribution in [0.15, 0.2) is 41.4 Å². The molecule has 2 rings (SSSR count). The molecule has 0 aliphatic heterocycles. The van der Waals surface area contributed by atoms with Crippen molar-refractivity contribution in [1.82, 2.24) is 9.71 Å². The summed E-state index contributed by atoms with van der Waals surface area (Å²) in [7, 11) is -2.02. The first-order valence-electron chi connectivity index (χ1n) is 4.42. The third-order valence-corrected chi connectivity index (χ3v) is 3.64. The van der Waals surface area contributed by atoms with Crippen LogP contribution in [0, 0.1) is 0 Å². The van der Waals surface area contributed by atoms with Gasteiger partial charge >= 0.3 is 0 Å². The highest BCUT2D eigenvalue weighted by molar-refractivity contribution is 7.89. The molecule has 0 bridgehead atoms. The van der Waals surface area contributed by atoms with Crippen molar-refractivity contribution in [3.8, 4) is 0 Å². The van der Waals surface area contributed by atoms with Gasteiger partial charge < -0.3 is 0 Å². The SMILES string of the molecule is CNS(=O)(=O)c1cccc2ncccc12. The lowest BCUT2D eigenvalue weighted by Crippen LogP contribution is -2.18. The summed E-state index contributed by atoms with van der Waals surface area (Å²) < 4.78 is 25.6. The summed E-state index contributed by atoms with van der Waals surface area (Å²) in [6.07, 6.45) is 1.64. The summed E-state index contributed by atoms with van der Waals surface area (Å²) in [4.78, 5) is 4.36. The maximum Gasteiger partial charge on any atom is 0.240 e. The van der Waals surface area contributed by atoms with Crippen molar-refractivity contribution in [2.45, 2.75) is 4.90 Å². The van der Waals surface area contributed by atoms with Gasteiger partial charge in [0.25, 0.3) is 0 Å². The molecule has 0 unspecified atom stereocenters. The molecule has 0 fully saturated rings. The van der Waals surface area contributed by atoms with Crippen LogP contribution in [-0.4, -0.2) is 20.4 Å². The molecule has 0 saturated carbocycles. The fourth-order valence-electron chi connectivity index (χ4n) is 1.42. The van der Waals surface area contributed by atoms with Gasteiger partial charge in [0.2, 0.25) is 10.0 Å². The zero-order chi connectivity index (χ0) is 10.9. The fourth-order valence-corrected chi connectivity index (χ4v) is 2.36. The van der Waals surface area contributed by atoms with E-state index < -0.39 is 10.0 Å². The van der Waals surface area contributed by atoms with Crippen LogP contribution in [-0.2, 0) is 10.0 Å². The molecule has 1 heterocycles. The van der Waals surface area contributed by atoms with E-state index in [0.29, 0.717) is 10.9 Å². The number of pyridine rings is 1. The molecule has 0 spiro atoms. The Hall–Kier alpha value is -1.46. The van der Waals surface area contributed by atoms with Crippen molar-refractivity contribution < 1.29 is 8.42 Å². The molecule has 1 aromatic carbocycles. The van der Waals surface area contributed by atoms with Crippen LogP contribution in [0.25, 0.3) is 10.9 Å². The lowest BCUT2D eigenvalue weighted by atomic mass is 10.2. The molecule has 5 heteroatoms. The molecular weight excluding hydrogens is 212 g/mol. The number of nitrogens with one attached hydrogen (secondary N) is 1. The van der Waals surface area contributed by atoms with Gasteiger partial charge in [0, 0.05) is 11.6 Å². The van der Waals surface area contributed by atoms with Crippen molar-refractivity contribution in [3.05, 3.63) is 36.5 Å². The van der Waals surface area contributed by atoms with Gasteiger partial charge in [-0.1, -0.05) is 6.07 Å². The zero-order valence-electron chi connectivity index (χ0n) is 8.14. The Kier molecular flexibility index (Phi) is 2.42. The van der Waals surface area contributed by atoms with Crippen molar-refractivity contribution >= 4 is 20.9 Å². The van der Waals surface area contributed by atoms with Crippen molar-refractivity contribution in [1.29, 1.82) is 0 Å². The van der Waals surface area contributed by atoms with Gasteiger partial charge in [-0.15, -0.1) is 0 Å². The molecule has 0 atom stereocenters. The predicted octanol–water partition coefficient (Wildman–Crippen LogP) is 1.14. The molecule has 15 heavy (non-hydrogen) atoms. The number of benzene rings is 1. The Bertz CT molecular complexity index is 588. The number of hydrogen-bond donors (Lipinski definition) is 1. The summed E-state index contributed by atoms with van der Waals surface area (Å²) in [5, 5.41) is 0.634.